The van der Waals surface area contributed by atoms with Crippen molar-refractivity contribution in [1.29, 1.82) is 0 Å². The van der Waals surface area contributed by atoms with Crippen LogP contribution in [0.2, 0.25) is 0 Å². The topological polar surface area (TPSA) is 106 Å². The van der Waals surface area contributed by atoms with Crippen molar-refractivity contribution in [2.45, 2.75) is 33.6 Å². The summed E-state index contributed by atoms with van der Waals surface area (Å²) in [7, 11) is 0. The van der Waals surface area contributed by atoms with Gasteiger partial charge in [-0.1, -0.05) is 30.3 Å². The molecule has 0 radical (unpaired) electrons. The summed E-state index contributed by atoms with van der Waals surface area (Å²) in [5.74, 6) is -0.173. The third-order valence-electron chi connectivity index (χ3n) is 4.15. The molecule has 0 aliphatic carbocycles. The summed E-state index contributed by atoms with van der Waals surface area (Å²) in [6.45, 7) is 6.72. The van der Waals surface area contributed by atoms with Crippen LogP contribution in [0, 0.1) is 0 Å². The van der Waals surface area contributed by atoms with Crippen LogP contribution in [-0.4, -0.2) is 42.5 Å². The van der Waals surface area contributed by atoms with Crippen molar-refractivity contribution in [2.75, 3.05) is 19.8 Å². The van der Waals surface area contributed by atoms with Gasteiger partial charge < -0.3 is 19.3 Å². The predicted octanol–water partition coefficient (Wildman–Crippen LogP) is 3.88. The van der Waals surface area contributed by atoms with E-state index in [1.165, 1.54) is 0 Å². The minimum absolute atomic E-state index is 0.102. The Morgan fingerprint density at radius 1 is 0.871 bits per heavy atom. The van der Waals surface area contributed by atoms with Gasteiger partial charge in [-0.25, -0.2) is 5.43 Å². The summed E-state index contributed by atoms with van der Waals surface area (Å²) >= 11 is 0. The van der Waals surface area contributed by atoms with Crippen molar-refractivity contribution in [2.24, 2.45) is 5.10 Å². The Balaban J connectivity index is 2.34. The zero-order valence-corrected chi connectivity index (χ0v) is 18.0. The van der Waals surface area contributed by atoms with Gasteiger partial charge in [0.1, 0.15) is 0 Å². The number of aliphatic carboxylic acids is 1. The maximum Gasteiger partial charge on any atom is 0.303 e. The maximum atomic E-state index is 12.8. The van der Waals surface area contributed by atoms with E-state index in [0.29, 0.717) is 42.8 Å². The highest BCUT2D eigenvalue weighted by Gasteiger charge is 2.18. The Morgan fingerprint density at radius 3 is 1.97 bits per heavy atom. The molecule has 0 fully saturated rings. The normalized spacial score (nSPS) is 11.0. The summed E-state index contributed by atoms with van der Waals surface area (Å²) in [6.07, 6.45) is 0.0763. The number of hydrazone groups is 1. The molecule has 0 atom stereocenters. The van der Waals surface area contributed by atoms with Gasteiger partial charge in [0, 0.05) is 12.0 Å². The van der Waals surface area contributed by atoms with Gasteiger partial charge in [0.25, 0.3) is 5.91 Å². The van der Waals surface area contributed by atoms with E-state index in [1.54, 1.807) is 12.1 Å². The van der Waals surface area contributed by atoms with Crippen molar-refractivity contribution in [3.63, 3.8) is 0 Å². The third kappa shape index (κ3) is 7.02. The van der Waals surface area contributed by atoms with Crippen LogP contribution in [0.15, 0.2) is 47.6 Å². The van der Waals surface area contributed by atoms with Crippen molar-refractivity contribution in [1.82, 2.24) is 5.43 Å². The van der Waals surface area contributed by atoms with E-state index in [1.807, 2.05) is 51.1 Å². The Hall–Kier alpha value is -3.55. The predicted molar refractivity (Wildman–Crippen MR) is 117 cm³/mol. The van der Waals surface area contributed by atoms with Gasteiger partial charge in [-0.15, -0.1) is 0 Å². The first kappa shape index (κ1) is 23.7. The monoisotopic (exact) mass is 428 g/mol. The minimum atomic E-state index is -0.941. The van der Waals surface area contributed by atoms with Crippen molar-refractivity contribution < 1.29 is 28.9 Å². The summed E-state index contributed by atoms with van der Waals surface area (Å²) in [5.41, 5.74) is 4.00. The van der Waals surface area contributed by atoms with Gasteiger partial charge in [-0.05, 0) is 38.5 Å². The molecule has 2 aromatic rings. The molecule has 0 saturated carbocycles. The van der Waals surface area contributed by atoms with Crippen molar-refractivity contribution in [3.8, 4) is 17.2 Å². The lowest BCUT2D eigenvalue weighted by atomic mass is 10.1. The first-order chi connectivity index (χ1) is 15.0. The van der Waals surface area contributed by atoms with E-state index in [-0.39, 0.29) is 18.4 Å². The molecule has 2 rings (SSSR count). The highest BCUT2D eigenvalue weighted by Crippen LogP contribution is 2.39. The van der Waals surface area contributed by atoms with Gasteiger partial charge in [-0.2, -0.15) is 5.10 Å². The van der Waals surface area contributed by atoms with Gasteiger partial charge in [0.2, 0.25) is 5.75 Å². The van der Waals surface area contributed by atoms with Crippen LogP contribution >= 0.6 is 0 Å². The second-order valence-electron chi connectivity index (χ2n) is 6.36. The number of carbonyl (C=O) groups excluding carboxylic acids is 1. The zero-order valence-electron chi connectivity index (χ0n) is 18.0. The molecular formula is C23H28N2O6. The molecule has 166 valence electrons. The Labute approximate surface area is 181 Å². The van der Waals surface area contributed by atoms with E-state index < -0.39 is 11.9 Å². The first-order valence-electron chi connectivity index (χ1n) is 10.2. The fraction of sp³-hybridized carbons (Fsp3) is 0.348. The number of carboxylic acids is 1. The van der Waals surface area contributed by atoms with E-state index in [0.717, 1.165) is 5.56 Å². The van der Waals surface area contributed by atoms with Crippen LogP contribution in [-0.2, 0) is 4.79 Å². The molecule has 0 saturated heterocycles. The first-order valence-corrected chi connectivity index (χ1v) is 10.2. The van der Waals surface area contributed by atoms with Crippen molar-refractivity contribution >= 4 is 17.6 Å². The SMILES string of the molecule is CCOc1cc(C(=O)NN=C(CCC(=O)O)c2ccccc2)cc(OCC)c1OCC. The van der Waals surface area contributed by atoms with Gasteiger partial charge in [0.15, 0.2) is 11.5 Å². The maximum absolute atomic E-state index is 12.8. The number of hydrogen-bond donors (Lipinski definition) is 2. The number of hydrogen-bond acceptors (Lipinski definition) is 6. The third-order valence-corrected chi connectivity index (χ3v) is 4.15. The number of carboxylic acid groups (broad SMARTS) is 1. The van der Waals surface area contributed by atoms with Crippen LogP contribution in [0.3, 0.4) is 0 Å². The van der Waals surface area contributed by atoms with E-state index >= 15 is 0 Å². The second kappa shape index (κ2) is 12.2. The molecule has 2 aromatic carbocycles. The molecule has 0 unspecified atom stereocenters. The van der Waals surface area contributed by atoms with Crippen LogP contribution in [0.4, 0.5) is 0 Å². The van der Waals surface area contributed by atoms with Gasteiger partial charge in [0.05, 0.1) is 32.0 Å². The number of rotatable bonds is 12. The van der Waals surface area contributed by atoms with Crippen LogP contribution in [0.25, 0.3) is 0 Å². The van der Waals surface area contributed by atoms with Crippen LogP contribution < -0.4 is 19.6 Å². The molecule has 8 heteroatoms. The second-order valence-corrected chi connectivity index (χ2v) is 6.36. The molecular weight excluding hydrogens is 400 g/mol. The van der Waals surface area contributed by atoms with Crippen molar-refractivity contribution in [3.05, 3.63) is 53.6 Å². The molecule has 0 aliphatic rings. The average Bonchev–Trinajstić information content (AvgIpc) is 2.76. The summed E-state index contributed by atoms with van der Waals surface area (Å²) in [5, 5.41) is 13.2. The minimum Gasteiger partial charge on any atom is -0.490 e. The number of ether oxygens (including phenoxy) is 3. The van der Waals surface area contributed by atoms with Gasteiger partial charge in [-0.3, -0.25) is 9.59 Å². The highest BCUT2D eigenvalue weighted by molar-refractivity contribution is 6.03. The average molecular weight is 428 g/mol. The molecule has 0 aromatic heterocycles. The van der Waals surface area contributed by atoms with Crippen LogP contribution in [0.5, 0.6) is 17.2 Å². The van der Waals surface area contributed by atoms with Crippen LogP contribution in [0.1, 0.15) is 49.5 Å². The fourth-order valence-electron chi connectivity index (χ4n) is 2.82. The summed E-state index contributed by atoms with van der Waals surface area (Å²) in [6, 6.07) is 12.3. The largest absolute Gasteiger partial charge is 0.490 e. The molecule has 0 heterocycles. The molecule has 2 N–H and O–H groups in total. The quantitative estimate of drug-likeness (QED) is 0.392. The summed E-state index contributed by atoms with van der Waals surface area (Å²) in [4.78, 5) is 23.8. The molecule has 0 aliphatic heterocycles. The number of nitrogens with one attached hydrogen (secondary N) is 1. The lowest BCUT2D eigenvalue weighted by molar-refractivity contribution is -0.136. The molecule has 8 nitrogen and oxygen atoms in total. The Kier molecular flexibility index (Phi) is 9.35. The number of amides is 1. The van der Waals surface area contributed by atoms with E-state index in [4.69, 9.17) is 19.3 Å². The Morgan fingerprint density at radius 2 is 1.45 bits per heavy atom. The molecule has 0 bridgehead atoms. The lowest BCUT2D eigenvalue weighted by Gasteiger charge is -2.16. The standard InChI is InChI=1S/C23H28N2O6/c1-4-29-19-14-17(15-20(30-5-2)22(19)31-6-3)23(28)25-24-18(12-13-21(26)27)16-10-8-7-9-11-16/h7-11,14-15H,4-6,12-13H2,1-3H3,(H,25,28)(H,26,27). The van der Waals surface area contributed by atoms with E-state index in [9.17, 15) is 9.59 Å². The molecule has 0 spiro atoms. The summed E-state index contributed by atoms with van der Waals surface area (Å²) < 4.78 is 16.9. The zero-order chi connectivity index (χ0) is 22.6. The smallest absolute Gasteiger partial charge is 0.303 e. The highest BCUT2D eigenvalue weighted by atomic mass is 16.5. The molecule has 31 heavy (non-hydrogen) atoms. The number of benzene rings is 2. The Bertz CT molecular complexity index is 885. The molecule has 1 amide bonds. The fourth-order valence-corrected chi connectivity index (χ4v) is 2.82. The lowest BCUT2D eigenvalue weighted by Crippen LogP contribution is -2.21. The van der Waals surface area contributed by atoms with E-state index in [2.05, 4.69) is 10.5 Å². The van der Waals surface area contributed by atoms with Gasteiger partial charge >= 0.3 is 5.97 Å². The number of carbonyl (C=O) groups is 2. The number of nitrogens with zero attached hydrogens (tertiary/aromatic N) is 1.